The maximum Gasteiger partial charge on any atom is 0.244 e. The third kappa shape index (κ3) is 18.5. The summed E-state index contributed by atoms with van der Waals surface area (Å²) < 4.78 is 17.6. The van der Waals surface area contributed by atoms with Gasteiger partial charge in [-0.1, -0.05) is 32.2 Å². The lowest BCUT2D eigenvalue weighted by Gasteiger charge is -2.34. The lowest BCUT2D eigenvalue weighted by Crippen LogP contribution is -2.58. The molecule has 0 rings (SSSR count). The molecule has 8 nitrogen and oxygen atoms in total. The number of hydrogen-bond donors (Lipinski definition) is 2. The molecular weight excluding hydrogens is 448 g/mol. The largest absolute Gasteiger partial charge is 0.379 e. The van der Waals surface area contributed by atoms with Crippen molar-refractivity contribution in [2.45, 2.75) is 56.9 Å². The number of ether oxygens (including phenoxy) is 3. The minimum Gasteiger partial charge on any atom is -0.379 e. The van der Waals surface area contributed by atoms with Gasteiger partial charge in [0, 0.05) is 32.8 Å². The molecule has 0 heterocycles. The van der Waals surface area contributed by atoms with Gasteiger partial charge >= 0.3 is 0 Å². The van der Waals surface area contributed by atoms with Crippen molar-refractivity contribution in [2.75, 3.05) is 46.2 Å². The Morgan fingerprint density at radius 2 is 1.26 bits per heavy atom. The van der Waals surface area contributed by atoms with Gasteiger partial charge in [0.25, 0.3) is 0 Å². The molecule has 8 heteroatoms. The molecule has 0 saturated carbocycles. The lowest BCUT2D eigenvalue weighted by atomic mass is 10.0. The van der Waals surface area contributed by atoms with Gasteiger partial charge in [0.05, 0.1) is 19.8 Å². The minimum absolute atomic E-state index is 0.0109. The molecule has 0 aliphatic rings. The number of ketones is 1. The molecule has 35 heavy (non-hydrogen) atoms. The summed E-state index contributed by atoms with van der Waals surface area (Å²) in [6.07, 6.45) is 12.1. The SMILES string of the molecule is C=CCCCCCOCC(COCCCCC(=O)C=C)(COCCCNC(=O)C=C)NC(=O)C=C. The topological polar surface area (TPSA) is 103 Å². The van der Waals surface area contributed by atoms with Gasteiger partial charge in [-0.3, -0.25) is 14.4 Å². The third-order valence-electron chi connectivity index (χ3n) is 5.05. The Hall–Kier alpha value is -2.55. The van der Waals surface area contributed by atoms with Crippen LogP contribution < -0.4 is 10.6 Å². The fraction of sp³-hybridized carbons (Fsp3) is 0.593. The first kappa shape index (κ1) is 32.5. The summed E-state index contributed by atoms with van der Waals surface area (Å²) in [5.41, 5.74) is -0.895. The zero-order valence-electron chi connectivity index (χ0n) is 21.2. The molecule has 2 N–H and O–H groups in total. The Kier molecular flexibility index (Phi) is 20.3. The van der Waals surface area contributed by atoms with Crippen LogP contribution in [0.1, 0.15) is 51.4 Å². The summed E-state index contributed by atoms with van der Waals surface area (Å²) in [7, 11) is 0. The van der Waals surface area contributed by atoms with Gasteiger partial charge in [-0.2, -0.15) is 0 Å². The Bertz CT molecular complexity index is 630. The maximum atomic E-state index is 12.2. The van der Waals surface area contributed by atoms with Crippen molar-refractivity contribution in [3.8, 4) is 0 Å². The summed E-state index contributed by atoms with van der Waals surface area (Å²) >= 11 is 0. The quantitative estimate of drug-likeness (QED) is 0.115. The molecule has 0 aliphatic heterocycles. The summed E-state index contributed by atoms with van der Waals surface area (Å²) in [6.45, 7) is 16.6. The molecule has 0 spiro atoms. The van der Waals surface area contributed by atoms with E-state index in [1.54, 1.807) is 0 Å². The zero-order chi connectivity index (χ0) is 26.2. The molecular formula is C27H44N2O6. The number of hydrogen-bond acceptors (Lipinski definition) is 6. The smallest absolute Gasteiger partial charge is 0.244 e. The van der Waals surface area contributed by atoms with E-state index in [2.05, 4.69) is 36.9 Å². The number of nitrogens with one attached hydrogen (secondary N) is 2. The van der Waals surface area contributed by atoms with E-state index in [0.29, 0.717) is 52.0 Å². The average molecular weight is 493 g/mol. The van der Waals surface area contributed by atoms with Gasteiger partial charge in [-0.05, 0) is 56.8 Å². The van der Waals surface area contributed by atoms with E-state index in [1.165, 1.54) is 18.2 Å². The fourth-order valence-corrected chi connectivity index (χ4v) is 3.08. The van der Waals surface area contributed by atoms with E-state index in [9.17, 15) is 14.4 Å². The van der Waals surface area contributed by atoms with Crippen LogP contribution in [0.3, 0.4) is 0 Å². The van der Waals surface area contributed by atoms with Crippen LogP contribution in [-0.4, -0.2) is 69.3 Å². The Morgan fingerprint density at radius 1 is 0.686 bits per heavy atom. The highest BCUT2D eigenvalue weighted by Crippen LogP contribution is 2.12. The fourth-order valence-electron chi connectivity index (χ4n) is 3.08. The monoisotopic (exact) mass is 492 g/mol. The molecule has 0 radical (unpaired) electrons. The van der Waals surface area contributed by atoms with Gasteiger partial charge < -0.3 is 24.8 Å². The predicted octanol–water partition coefficient (Wildman–Crippen LogP) is 3.44. The van der Waals surface area contributed by atoms with Crippen LogP contribution in [0.25, 0.3) is 0 Å². The maximum absolute atomic E-state index is 12.2. The number of allylic oxidation sites excluding steroid dienone is 2. The molecule has 1 unspecified atom stereocenters. The predicted molar refractivity (Wildman–Crippen MR) is 139 cm³/mol. The first-order valence-corrected chi connectivity index (χ1v) is 12.3. The van der Waals surface area contributed by atoms with Gasteiger partial charge in [0.2, 0.25) is 11.8 Å². The van der Waals surface area contributed by atoms with Crippen molar-refractivity contribution in [1.29, 1.82) is 0 Å². The summed E-state index contributed by atoms with van der Waals surface area (Å²) in [6, 6.07) is 0. The molecule has 0 saturated heterocycles. The van der Waals surface area contributed by atoms with Crippen molar-refractivity contribution in [3.63, 3.8) is 0 Å². The van der Waals surface area contributed by atoms with Crippen LogP contribution >= 0.6 is 0 Å². The van der Waals surface area contributed by atoms with Crippen molar-refractivity contribution in [2.24, 2.45) is 0 Å². The van der Waals surface area contributed by atoms with Gasteiger partial charge in [-0.15, -0.1) is 6.58 Å². The van der Waals surface area contributed by atoms with Crippen molar-refractivity contribution < 1.29 is 28.6 Å². The average Bonchev–Trinajstić information content (AvgIpc) is 2.86. The molecule has 0 bridgehead atoms. The summed E-state index contributed by atoms with van der Waals surface area (Å²) in [5, 5.41) is 5.63. The molecule has 0 aromatic rings. The first-order valence-electron chi connectivity index (χ1n) is 12.3. The number of carbonyl (C=O) groups excluding carboxylic acids is 3. The van der Waals surface area contributed by atoms with Crippen LogP contribution in [-0.2, 0) is 28.6 Å². The van der Waals surface area contributed by atoms with Gasteiger partial charge in [0.15, 0.2) is 5.78 Å². The van der Waals surface area contributed by atoms with E-state index in [1.807, 2.05) is 6.08 Å². The Balaban J connectivity index is 4.87. The standard InChI is InChI=1S/C27H44N2O6/c1-5-9-10-11-13-18-33-21-27(29-26(32)8-4,22-34-19-14-12-16-24(30)6-2)23-35-20-15-17-28-25(31)7-3/h5-8H,1-4,9-23H2,(H,28,31)(H,29,32). The molecule has 0 aliphatic carbocycles. The van der Waals surface area contributed by atoms with Crippen LogP contribution in [0.4, 0.5) is 0 Å². The van der Waals surface area contributed by atoms with Crippen LogP contribution in [0.15, 0.2) is 50.6 Å². The molecule has 198 valence electrons. The summed E-state index contributed by atoms with van der Waals surface area (Å²) in [4.78, 5) is 34.8. The number of rotatable bonds is 25. The molecule has 0 fully saturated rings. The first-order chi connectivity index (χ1) is 16.9. The third-order valence-corrected chi connectivity index (χ3v) is 5.05. The minimum atomic E-state index is -0.895. The number of unbranched alkanes of at least 4 members (excludes halogenated alkanes) is 4. The highest BCUT2D eigenvalue weighted by atomic mass is 16.5. The normalized spacial score (nSPS) is 12.2. The summed E-state index contributed by atoms with van der Waals surface area (Å²) in [5.74, 6) is -0.569. The Morgan fingerprint density at radius 3 is 1.80 bits per heavy atom. The van der Waals surface area contributed by atoms with Crippen molar-refractivity contribution in [1.82, 2.24) is 10.6 Å². The molecule has 0 aromatic carbocycles. The number of carbonyl (C=O) groups is 3. The van der Waals surface area contributed by atoms with Crippen molar-refractivity contribution >= 4 is 17.6 Å². The highest BCUT2D eigenvalue weighted by Gasteiger charge is 2.33. The van der Waals surface area contributed by atoms with E-state index in [4.69, 9.17) is 14.2 Å². The van der Waals surface area contributed by atoms with Crippen LogP contribution in [0.5, 0.6) is 0 Å². The zero-order valence-corrected chi connectivity index (χ0v) is 21.2. The Labute approximate surface area is 210 Å². The lowest BCUT2D eigenvalue weighted by molar-refractivity contribution is -0.123. The van der Waals surface area contributed by atoms with E-state index in [-0.39, 0.29) is 37.4 Å². The van der Waals surface area contributed by atoms with E-state index >= 15 is 0 Å². The number of amides is 2. The van der Waals surface area contributed by atoms with Gasteiger partial charge in [0.1, 0.15) is 5.54 Å². The second kappa shape index (κ2) is 21.9. The van der Waals surface area contributed by atoms with E-state index < -0.39 is 5.54 Å². The second-order valence-corrected chi connectivity index (χ2v) is 8.25. The van der Waals surface area contributed by atoms with Gasteiger partial charge in [-0.25, -0.2) is 0 Å². The highest BCUT2D eigenvalue weighted by molar-refractivity contribution is 5.89. The van der Waals surface area contributed by atoms with Crippen LogP contribution in [0, 0.1) is 0 Å². The molecule has 0 aromatic heterocycles. The second-order valence-electron chi connectivity index (χ2n) is 8.25. The molecule has 2 amide bonds. The van der Waals surface area contributed by atoms with Crippen molar-refractivity contribution in [3.05, 3.63) is 50.6 Å². The van der Waals surface area contributed by atoms with Crippen LogP contribution in [0.2, 0.25) is 0 Å². The molecule has 1 atom stereocenters. The van der Waals surface area contributed by atoms with E-state index in [0.717, 1.165) is 25.7 Å².